The van der Waals surface area contributed by atoms with Crippen LogP contribution in [0, 0.1) is 0 Å². The first kappa shape index (κ1) is 22.7. The van der Waals surface area contributed by atoms with Crippen molar-refractivity contribution in [1.82, 2.24) is 15.6 Å². The van der Waals surface area contributed by atoms with Gasteiger partial charge in [-0.15, -0.1) is 0 Å². The summed E-state index contributed by atoms with van der Waals surface area (Å²) in [7, 11) is 1.92. The Balaban J connectivity index is 0.00000145. The van der Waals surface area contributed by atoms with Gasteiger partial charge >= 0.3 is 0 Å². The van der Waals surface area contributed by atoms with Gasteiger partial charge in [0.1, 0.15) is 0 Å². The van der Waals surface area contributed by atoms with E-state index in [2.05, 4.69) is 33.8 Å². The van der Waals surface area contributed by atoms with Crippen molar-refractivity contribution in [2.75, 3.05) is 45.1 Å². The van der Waals surface area contributed by atoms with Crippen LogP contribution in [0.1, 0.15) is 49.0 Å². The number of hydrazone groups is 1. The molecular weight excluding hydrogens is 362 g/mol. The average molecular weight is 398 g/mol. The molecule has 3 N–H and O–H groups in total. The van der Waals surface area contributed by atoms with Crippen LogP contribution in [-0.4, -0.2) is 56.8 Å². The molecule has 29 heavy (non-hydrogen) atoms. The fourth-order valence-electron chi connectivity index (χ4n) is 3.49. The number of nitrogens with one attached hydrogen (secondary N) is 3. The van der Waals surface area contributed by atoms with Gasteiger partial charge in [0.05, 0.1) is 6.54 Å². The van der Waals surface area contributed by atoms with Gasteiger partial charge in [0, 0.05) is 56.3 Å². The van der Waals surface area contributed by atoms with E-state index in [9.17, 15) is 4.79 Å². The van der Waals surface area contributed by atoms with E-state index in [-0.39, 0.29) is 5.91 Å². The monoisotopic (exact) mass is 397 g/mol. The number of carbonyl (C=O) groups excluding carboxylic acids is 1. The number of anilines is 1. The number of allylic oxidation sites excluding steroid dienone is 2. The van der Waals surface area contributed by atoms with Crippen LogP contribution in [0.4, 0.5) is 5.69 Å². The van der Waals surface area contributed by atoms with E-state index in [0.29, 0.717) is 6.54 Å². The van der Waals surface area contributed by atoms with Crippen LogP contribution in [0.15, 0.2) is 41.5 Å². The van der Waals surface area contributed by atoms with E-state index in [1.165, 1.54) is 5.57 Å². The van der Waals surface area contributed by atoms with Crippen molar-refractivity contribution in [1.29, 1.82) is 0 Å². The molecule has 0 atom stereocenters. The van der Waals surface area contributed by atoms with Crippen LogP contribution in [0.2, 0.25) is 0 Å². The van der Waals surface area contributed by atoms with Crippen LogP contribution in [0.25, 0.3) is 5.57 Å². The van der Waals surface area contributed by atoms with Crippen LogP contribution in [-0.2, 0) is 0 Å². The van der Waals surface area contributed by atoms with E-state index in [0.717, 1.165) is 67.8 Å². The first-order valence-corrected chi connectivity index (χ1v) is 10.6. The van der Waals surface area contributed by atoms with E-state index >= 15 is 0 Å². The molecule has 0 bridgehead atoms. The van der Waals surface area contributed by atoms with Gasteiger partial charge in [0.2, 0.25) is 0 Å². The topological polar surface area (TPSA) is 68.8 Å². The Kier molecular flexibility index (Phi) is 9.44. The van der Waals surface area contributed by atoms with Crippen molar-refractivity contribution in [3.63, 3.8) is 0 Å². The maximum absolute atomic E-state index is 12.9. The van der Waals surface area contributed by atoms with Gasteiger partial charge in [-0.25, -0.2) is 0 Å². The first-order chi connectivity index (χ1) is 14.2. The Labute approximate surface area is 175 Å². The summed E-state index contributed by atoms with van der Waals surface area (Å²) in [5, 5.41) is 10.7. The van der Waals surface area contributed by atoms with Crippen molar-refractivity contribution < 1.29 is 4.79 Å². The molecule has 2 aliphatic heterocycles. The Morgan fingerprint density at radius 3 is 2.69 bits per heavy atom. The molecule has 0 saturated carbocycles. The van der Waals surface area contributed by atoms with E-state index in [1.54, 1.807) is 6.21 Å². The van der Waals surface area contributed by atoms with Gasteiger partial charge in [-0.2, -0.15) is 5.10 Å². The molecule has 0 spiro atoms. The number of amides is 1. The van der Waals surface area contributed by atoms with E-state index in [4.69, 9.17) is 0 Å². The fraction of sp³-hybridized carbons (Fsp3) is 0.478. The number of hydrogen-bond donors (Lipinski definition) is 3. The van der Waals surface area contributed by atoms with Gasteiger partial charge < -0.3 is 21.0 Å². The Hall–Kier alpha value is -2.60. The lowest BCUT2D eigenvalue weighted by Gasteiger charge is -2.28. The molecule has 1 aromatic carbocycles. The molecule has 6 heteroatoms. The van der Waals surface area contributed by atoms with Crippen molar-refractivity contribution >= 4 is 23.4 Å². The first-order valence-electron chi connectivity index (χ1n) is 10.6. The van der Waals surface area contributed by atoms with Crippen molar-refractivity contribution in [3.8, 4) is 0 Å². The number of carbonyl (C=O) groups is 1. The summed E-state index contributed by atoms with van der Waals surface area (Å²) in [4.78, 5) is 14.8. The largest absolute Gasteiger partial charge is 0.388 e. The zero-order valence-corrected chi connectivity index (χ0v) is 18.1. The van der Waals surface area contributed by atoms with Gasteiger partial charge in [0.15, 0.2) is 0 Å². The molecule has 1 fully saturated rings. The highest BCUT2D eigenvalue weighted by Crippen LogP contribution is 2.30. The molecule has 2 aliphatic rings. The lowest BCUT2D eigenvalue weighted by Crippen LogP contribution is -2.46. The third-order valence-corrected chi connectivity index (χ3v) is 5.01. The molecule has 2 heterocycles. The molecule has 0 aromatic heterocycles. The highest BCUT2D eigenvalue weighted by atomic mass is 16.2. The number of rotatable bonds is 3. The minimum atomic E-state index is 0.108. The van der Waals surface area contributed by atoms with Crippen LogP contribution in [0.5, 0.6) is 0 Å². The van der Waals surface area contributed by atoms with Crippen molar-refractivity contribution in [3.05, 3.63) is 47.6 Å². The van der Waals surface area contributed by atoms with Gasteiger partial charge in [-0.05, 0) is 48.6 Å². The Morgan fingerprint density at radius 1 is 1.21 bits per heavy atom. The van der Waals surface area contributed by atoms with Crippen LogP contribution < -0.4 is 16.1 Å². The lowest BCUT2D eigenvalue weighted by atomic mass is 9.94. The predicted molar refractivity (Wildman–Crippen MR) is 124 cm³/mol. The molecule has 1 aromatic rings. The average Bonchev–Trinajstić information content (AvgIpc) is 2.79. The second-order valence-electron chi connectivity index (χ2n) is 6.91. The minimum Gasteiger partial charge on any atom is -0.388 e. The summed E-state index contributed by atoms with van der Waals surface area (Å²) in [6, 6.07) is 5.96. The van der Waals surface area contributed by atoms with Gasteiger partial charge in [-0.1, -0.05) is 26.5 Å². The SMILES string of the molecule is C=C1/C=N\NC/C=C(/c2cc(C(=O)N3CCNCC3)ccc2NC)CCC1.CC. The lowest BCUT2D eigenvalue weighted by molar-refractivity contribution is 0.0736. The number of hydrogen-bond acceptors (Lipinski definition) is 5. The Bertz CT molecular complexity index is 748. The smallest absolute Gasteiger partial charge is 0.253 e. The summed E-state index contributed by atoms with van der Waals surface area (Å²) in [5.41, 5.74) is 8.18. The molecule has 3 rings (SSSR count). The number of piperazine rings is 1. The second-order valence-corrected chi connectivity index (χ2v) is 6.91. The van der Waals surface area contributed by atoms with E-state index < -0.39 is 0 Å². The summed E-state index contributed by atoms with van der Waals surface area (Å²) in [5.74, 6) is 0.108. The standard InChI is InChI=1S/C21H29N5O.C2H6/c1-16-4-3-5-17(8-9-24-25-15-16)19-14-18(6-7-20(19)22-2)21(27)26-12-10-23-11-13-26;1-2/h6-8,14-15,22-24H,1,3-5,9-13H2,2H3;1-2H3/b17-8+,25-15-;. The normalized spacial score (nSPS) is 20.3. The van der Waals surface area contributed by atoms with Crippen LogP contribution >= 0.6 is 0 Å². The summed E-state index contributed by atoms with van der Waals surface area (Å²) < 4.78 is 0. The molecule has 6 nitrogen and oxygen atoms in total. The molecule has 1 saturated heterocycles. The third kappa shape index (κ3) is 6.46. The number of nitrogens with zero attached hydrogens (tertiary/aromatic N) is 2. The molecule has 0 radical (unpaired) electrons. The second kappa shape index (κ2) is 12.1. The van der Waals surface area contributed by atoms with Gasteiger partial charge in [0.25, 0.3) is 5.91 Å². The quantitative estimate of drug-likeness (QED) is 0.730. The molecule has 1 amide bonds. The van der Waals surface area contributed by atoms with E-state index in [1.807, 2.05) is 44.0 Å². The highest BCUT2D eigenvalue weighted by Gasteiger charge is 2.19. The number of benzene rings is 1. The Morgan fingerprint density at radius 2 is 1.97 bits per heavy atom. The predicted octanol–water partition coefficient (Wildman–Crippen LogP) is 3.50. The maximum Gasteiger partial charge on any atom is 0.253 e. The maximum atomic E-state index is 12.9. The zero-order chi connectivity index (χ0) is 21.1. The molecule has 0 aliphatic carbocycles. The van der Waals surface area contributed by atoms with Crippen molar-refractivity contribution in [2.45, 2.75) is 33.1 Å². The molecule has 158 valence electrons. The van der Waals surface area contributed by atoms with Crippen molar-refractivity contribution in [2.24, 2.45) is 5.10 Å². The molecule has 0 unspecified atom stereocenters. The highest BCUT2D eigenvalue weighted by molar-refractivity contribution is 5.96. The summed E-state index contributed by atoms with van der Waals surface area (Å²) in [6.45, 7) is 11.9. The minimum absolute atomic E-state index is 0.108. The molecular formula is C23H35N5O. The summed E-state index contributed by atoms with van der Waals surface area (Å²) in [6.07, 6.45) is 6.83. The summed E-state index contributed by atoms with van der Waals surface area (Å²) >= 11 is 0. The third-order valence-electron chi connectivity index (χ3n) is 5.01. The fourth-order valence-corrected chi connectivity index (χ4v) is 3.49. The van der Waals surface area contributed by atoms with Crippen LogP contribution in [0.3, 0.4) is 0 Å². The zero-order valence-electron chi connectivity index (χ0n) is 18.1. The van der Waals surface area contributed by atoms with Gasteiger partial charge in [-0.3, -0.25) is 4.79 Å².